The van der Waals surface area contributed by atoms with Crippen LogP contribution in [0.1, 0.15) is 41.0 Å². The molecule has 146 valence electrons. The van der Waals surface area contributed by atoms with Gasteiger partial charge < -0.3 is 23.7 Å². The first kappa shape index (κ1) is 21.4. The summed E-state index contributed by atoms with van der Waals surface area (Å²) in [6.45, 7) is 5.63. The molecule has 1 rings (SSSR count). The van der Waals surface area contributed by atoms with Crippen molar-refractivity contribution >= 4 is 29.8 Å². The molecule has 2 unspecified atom stereocenters. The highest BCUT2D eigenvalue weighted by Gasteiger charge is 2.53. The molecule has 0 radical (unpaired) electrons. The molecular weight excluding hydrogens is 352 g/mol. The quantitative estimate of drug-likeness (QED) is 0.480. The summed E-state index contributed by atoms with van der Waals surface area (Å²) in [4.78, 5) is 57.2. The number of ether oxygens (including phenoxy) is 5. The van der Waals surface area contributed by atoms with Gasteiger partial charge in [-0.25, -0.2) is 0 Å². The molecule has 1 fully saturated rings. The highest BCUT2D eigenvalue weighted by Crippen LogP contribution is 2.32. The predicted octanol–water partition coefficient (Wildman–Crippen LogP) is 0.0486. The minimum Gasteiger partial charge on any atom is -0.458 e. The van der Waals surface area contributed by atoms with Crippen LogP contribution in [0.5, 0.6) is 0 Å². The Morgan fingerprint density at radius 1 is 0.500 bits per heavy atom. The van der Waals surface area contributed by atoms with Crippen LogP contribution in [0.25, 0.3) is 0 Å². The molecule has 0 N–H and O–H groups in total. The average Bonchev–Trinajstić information content (AvgIpc) is 2.44. The zero-order valence-corrected chi connectivity index (χ0v) is 15.2. The fourth-order valence-electron chi connectivity index (χ4n) is 2.76. The first-order valence-electron chi connectivity index (χ1n) is 7.87. The molecule has 0 spiro atoms. The molecule has 0 heterocycles. The van der Waals surface area contributed by atoms with E-state index in [2.05, 4.69) is 0 Å². The van der Waals surface area contributed by atoms with Gasteiger partial charge in [0.25, 0.3) is 0 Å². The monoisotopic (exact) mass is 374 g/mol. The van der Waals surface area contributed by atoms with E-state index < -0.39 is 60.4 Å². The molecule has 5 atom stereocenters. The van der Waals surface area contributed by atoms with E-state index in [0.717, 1.165) is 34.6 Å². The third-order valence-electron chi connectivity index (χ3n) is 3.39. The third kappa shape index (κ3) is 6.34. The van der Waals surface area contributed by atoms with Crippen LogP contribution in [0.4, 0.5) is 0 Å². The Hall–Kier alpha value is -2.65. The smallest absolute Gasteiger partial charge is 0.303 e. The Kier molecular flexibility index (Phi) is 7.54. The number of carbonyl (C=O) groups is 5. The van der Waals surface area contributed by atoms with Gasteiger partial charge in [-0.2, -0.15) is 0 Å². The Balaban J connectivity index is 3.32. The van der Waals surface area contributed by atoms with Crippen LogP contribution in [0.2, 0.25) is 0 Å². The summed E-state index contributed by atoms with van der Waals surface area (Å²) in [5.74, 6) is -3.56. The molecular formula is C16H22O10. The zero-order valence-electron chi connectivity index (χ0n) is 15.2. The van der Waals surface area contributed by atoms with Gasteiger partial charge in [0.05, 0.1) is 0 Å². The van der Waals surface area contributed by atoms with E-state index in [1.807, 2.05) is 0 Å². The minimum absolute atomic E-state index is 0.118. The molecule has 0 aromatic rings. The van der Waals surface area contributed by atoms with Gasteiger partial charge in [-0.1, -0.05) is 0 Å². The summed E-state index contributed by atoms with van der Waals surface area (Å²) in [5.41, 5.74) is 0. The molecule has 26 heavy (non-hydrogen) atoms. The number of hydrogen-bond acceptors (Lipinski definition) is 10. The fourth-order valence-corrected chi connectivity index (χ4v) is 2.76. The Labute approximate surface area is 150 Å². The minimum atomic E-state index is -1.33. The second-order valence-electron chi connectivity index (χ2n) is 5.75. The van der Waals surface area contributed by atoms with Crippen molar-refractivity contribution in [2.75, 3.05) is 0 Å². The normalized spacial score (nSPS) is 27.7. The lowest BCUT2D eigenvalue weighted by molar-refractivity contribution is -0.230. The van der Waals surface area contributed by atoms with E-state index in [0.29, 0.717) is 0 Å². The lowest BCUT2D eigenvalue weighted by atomic mass is 9.86. The van der Waals surface area contributed by atoms with Gasteiger partial charge in [-0.05, 0) is 0 Å². The number of carbonyl (C=O) groups excluding carboxylic acids is 5. The Morgan fingerprint density at radius 3 is 1.04 bits per heavy atom. The van der Waals surface area contributed by atoms with Crippen LogP contribution in [0.15, 0.2) is 0 Å². The van der Waals surface area contributed by atoms with E-state index in [4.69, 9.17) is 23.7 Å². The maximum Gasteiger partial charge on any atom is 0.303 e. The lowest BCUT2D eigenvalue weighted by Crippen LogP contribution is -2.61. The number of hydrogen-bond donors (Lipinski definition) is 0. The molecule has 0 aliphatic heterocycles. The zero-order chi connectivity index (χ0) is 20.0. The SMILES string of the molecule is CC(=O)OC1C(OC(C)=O)[C@H](OC(C)=O)[C@@H](OC(C)=O)C[C@H]1OC(C)=O. The first-order valence-corrected chi connectivity index (χ1v) is 7.87. The van der Waals surface area contributed by atoms with Crippen LogP contribution in [-0.4, -0.2) is 60.4 Å². The van der Waals surface area contributed by atoms with E-state index in [1.165, 1.54) is 0 Å². The fraction of sp³-hybridized carbons (Fsp3) is 0.688. The van der Waals surface area contributed by atoms with Gasteiger partial charge in [0.1, 0.15) is 12.2 Å². The van der Waals surface area contributed by atoms with Crippen LogP contribution < -0.4 is 0 Å². The lowest BCUT2D eigenvalue weighted by Gasteiger charge is -2.43. The topological polar surface area (TPSA) is 132 Å². The summed E-state index contributed by atoms with van der Waals surface area (Å²) >= 11 is 0. The maximum absolute atomic E-state index is 11.5. The molecule has 0 saturated heterocycles. The van der Waals surface area contributed by atoms with E-state index in [1.54, 1.807) is 0 Å². The molecule has 0 amide bonds. The van der Waals surface area contributed by atoms with Gasteiger partial charge in [-0.3, -0.25) is 24.0 Å². The average molecular weight is 374 g/mol. The molecule has 0 aromatic carbocycles. The second-order valence-corrected chi connectivity index (χ2v) is 5.75. The number of rotatable bonds is 5. The largest absolute Gasteiger partial charge is 0.458 e. The summed E-state index contributed by atoms with van der Waals surface area (Å²) in [6.07, 6.45) is -6.07. The maximum atomic E-state index is 11.5. The second kappa shape index (κ2) is 9.16. The van der Waals surface area contributed by atoms with Gasteiger partial charge in [0.2, 0.25) is 0 Å². The van der Waals surface area contributed by atoms with Crippen LogP contribution in [-0.2, 0) is 47.7 Å². The Bertz CT molecular complexity index is 542. The molecule has 1 aliphatic carbocycles. The van der Waals surface area contributed by atoms with Crippen LogP contribution >= 0.6 is 0 Å². The van der Waals surface area contributed by atoms with Crippen molar-refractivity contribution in [2.24, 2.45) is 0 Å². The van der Waals surface area contributed by atoms with Gasteiger partial charge in [0.15, 0.2) is 18.3 Å². The van der Waals surface area contributed by atoms with E-state index in [9.17, 15) is 24.0 Å². The third-order valence-corrected chi connectivity index (χ3v) is 3.39. The van der Waals surface area contributed by atoms with Crippen molar-refractivity contribution in [3.8, 4) is 0 Å². The van der Waals surface area contributed by atoms with Gasteiger partial charge in [-0.15, -0.1) is 0 Å². The van der Waals surface area contributed by atoms with Crippen molar-refractivity contribution in [1.82, 2.24) is 0 Å². The summed E-state index contributed by atoms with van der Waals surface area (Å²) in [5, 5.41) is 0. The van der Waals surface area contributed by atoms with Crippen molar-refractivity contribution in [1.29, 1.82) is 0 Å². The molecule has 10 nitrogen and oxygen atoms in total. The van der Waals surface area contributed by atoms with Gasteiger partial charge in [0, 0.05) is 41.0 Å². The highest BCUT2D eigenvalue weighted by atomic mass is 16.6. The molecule has 10 heteroatoms. The molecule has 1 aliphatic rings. The molecule has 1 saturated carbocycles. The van der Waals surface area contributed by atoms with Crippen molar-refractivity contribution in [3.05, 3.63) is 0 Å². The van der Waals surface area contributed by atoms with Gasteiger partial charge >= 0.3 is 29.8 Å². The summed E-state index contributed by atoms with van der Waals surface area (Å²) in [6, 6.07) is 0. The van der Waals surface area contributed by atoms with Crippen LogP contribution in [0.3, 0.4) is 0 Å². The van der Waals surface area contributed by atoms with Crippen molar-refractivity contribution < 1.29 is 47.7 Å². The van der Waals surface area contributed by atoms with Crippen molar-refractivity contribution in [3.63, 3.8) is 0 Å². The highest BCUT2D eigenvalue weighted by molar-refractivity contribution is 5.70. The van der Waals surface area contributed by atoms with Crippen LogP contribution in [0, 0.1) is 0 Å². The first-order chi connectivity index (χ1) is 12.0. The van der Waals surface area contributed by atoms with E-state index >= 15 is 0 Å². The summed E-state index contributed by atoms with van der Waals surface area (Å²) in [7, 11) is 0. The molecule has 0 aromatic heterocycles. The standard InChI is InChI=1S/C16H22O10/c1-7(17)22-12-6-13(23-8(2)18)15(25-10(4)20)16(26-11(5)21)14(12)24-9(3)19/h12-16H,6H2,1-5H3/t12-,13+,14+,15?,16?/m0/s1. The Morgan fingerprint density at radius 2 is 0.769 bits per heavy atom. The predicted molar refractivity (Wildman–Crippen MR) is 82.4 cm³/mol. The van der Waals surface area contributed by atoms with E-state index in [-0.39, 0.29) is 6.42 Å². The van der Waals surface area contributed by atoms with Crippen molar-refractivity contribution in [2.45, 2.75) is 71.6 Å². The molecule has 0 bridgehead atoms. The number of esters is 5. The summed E-state index contributed by atoms with van der Waals surface area (Å²) < 4.78 is 25.8.